The summed E-state index contributed by atoms with van der Waals surface area (Å²) in [5.41, 5.74) is 0.633. The Bertz CT molecular complexity index is 830. The zero-order valence-electron chi connectivity index (χ0n) is 21.2. The van der Waals surface area contributed by atoms with Crippen LogP contribution in [0.15, 0.2) is 24.3 Å². The fraction of sp³-hybridized carbons (Fsp3) is 0.560. The predicted molar refractivity (Wildman–Crippen MR) is 134 cm³/mol. The number of anilines is 2. The van der Waals surface area contributed by atoms with Crippen molar-refractivity contribution in [3.8, 4) is 0 Å². The monoisotopic (exact) mass is 510 g/mol. The molecule has 0 aromatic heterocycles. The molecule has 0 aliphatic rings. The summed E-state index contributed by atoms with van der Waals surface area (Å²) in [5, 5.41) is 30.3. The van der Waals surface area contributed by atoms with E-state index in [1.807, 2.05) is 0 Å². The first-order chi connectivity index (χ1) is 16.8. The zero-order valence-corrected chi connectivity index (χ0v) is 21.2. The van der Waals surface area contributed by atoms with Gasteiger partial charge in [-0.3, -0.25) is 24.5 Å². The molecule has 11 nitrogen and oxygen atoms in total. The van der Waals surface area contributed by atoms with Crippen LogP contribution in [0.25, 0.3) is 0 Å². The van der Waals surface area contributed by atoms with Gasteiger partial charge in [-0.25, -0.2) is 4.79 Å². The lowest BCUT2D eigenvalue weighted by molar-refractivity contribution is -0.138. The molecule has 0 bridgehead atoms. The maximum atomic E-state index is 11.8. The third kappa shape index (κ3) is 20.9. The SMILES string of the molecule is CC(C)(C)OC(=O)Nc1ccc(NC(=O)CCCCCC(=O)O)cc1.O=C(O)CCCCCC(=O)O. The molecule has 0 saturated carbocycles. The normalized spacial score (nSPS) is 10.4. The van der Waals surface area contributed by atoms with Crippen LogP contribution in [-0.4, -0.2) is 50.8 Å². The van der Waals surface area contributed by atoms with Gasteiger partial charge >= 0.3 is 24.0 Å². The van der Waals surface area contributed by atoms with E-state index in [-0.39, 0.29) is 25.2 Å². The number of rotatable bonds is 14. The van der Waals surface area contributed by atoms with E-state index in [0.717, 1.165) is 0 Å². The molecule has 2 amide bonds. The summed E-state index contributed by atoms with van der Waals surface area (Å²) in [5.74, 6) is -2.58. The second-order valence-electron chi connectivity index (χ2n) is 9.05. The van der Waals surface area contributed by atoms with Gasteiger partial charge in [0.15, 0.2) is 0 Å². The zero-order chi connectivity index (χ0) is 27.6. The van der Waals surface area contributed by atoms with Crippen LogP contribution in [-0.2, 0) is 23.9 Å². The number of carbonyl (C=O) groups is 5. The van der Waals surface area contributed by atoms with Gasteiger partial charge in [-0.05, 0) is 70.7 Å². The molecular weight excluding hydrogens is 472 g/mol. The van der Waals surface area contributed by atoms with Gasteiger partial charge in [0.1, 0.15) is 5.60 Å². The summed E-state index contributed by atoms with van der Waals surface area (Å²) in [4.78, 5) is 53.8. The smallest absolute Gasteiger partial charge is 0.412 e. The van der Waals surface area contributed by atoms with Crippen LogP contribution in [0.4, 0.5) is 16.2 Å². The van der Waals surface area contributed by atoms with E-state index in [4.69, 9.17) is 20.1 Å². The number of hydrogen-bond donors (Lipinski definition) is 5. The van der Waals surface area contributed by atoms with Gasteiger partial charge in [-0.1, -0.05) is 12.8 Å². The molecule has 0 spiro atoms. The molecule has 5 N–H and O–H groups in total. The Morgan fingerprint density at radius 2 is 1.00 bits per heavy atom. The van der Waals surface area contributed by atoms with Gasteiger partial charge in [0.05, 0.1) is 0 Å². The van der Waals surface area contributed by atoms with Crippen LogP contribution in [0, 0.1) is 0 Å². The first kappa shape index (κ1) is 32.4. The molecule has 0 radical (unpaired) electrons. The molecule has 0 fully saturated rings. The van der Waals surface area contributed by atoms with Crippen molar-refractivity contribution in [3.63, 3.8) is 0 Å². The van der Waals surface area contributed by atoms with Crippen LogP contribution in [0.1, 0.15) is 85.0 Å². The number of ether oxygens (including phenoxy) is 1. The minimum atomic E-state index is -0.819. The van der Waals surface area contributed by atoms with E-state index < -0.39 is 29.6 Å². The maximum absolute atomic E-state index is 11.8. The standard InChI is InChI=1S/C18H26N2O5.C7H12O4/c1-18(2,3)25-17(24)20-14-11-9-13(10-12-14)19-15(21)7-5-4-6-8-16(22)23;8-6(9)4-2-1-3-5-7(10)11/h9-12H,4-8H2,1-3H3,(H,19,21)(H,20,24)(H,22,23);1-5H2,(H,8,9)(H,10,11). The van der Waals surface area contributed by atoms with Gasteiger partial charge < -0.3 is 25.4 Å². The van der Waals surface area contributed by atoms with Crippen LogP contribution in [0.5, 0.6) is 0 Å². The van der Waals surface area contributed by atoms with Crippen LogP contribution >= 0.6 is 0 Å². The molecule has 1 aromatic carbocycles. The van der Waals surface area contributed by atoms with Crippen molar-refractivity contribution in [3.05, 3.63) is 24.3 Å². The molecule has 1 aromatic rings. The maximum Gasteiger partial charge on any atom is 0.412 e. The molecule has 0 saturated heterocycles. The number of aliphatic carboxylic acids is 3. The molecule has 0 atom stereocenters. The highest BCUT2D eigenvalue weighted by Gasteiger charge is 2.16. The highest BCUT2D eigenvalue weighted by Crippen LogP contribution is 2.16. The molecule has 1 rings (SSSR count). The average Bonchev–Trinajstić information content (AvgIpc) is 2.73. The predicted octanol–water partition coefficient (Wildman–Crippen LogP) is 5.11. The van der Waals surface area contributed by atoms with E-state index in [1.54, 1.807) is 45.0 Å². The van der Waals surface area contributed by atoms with Gasteiger partial charge in [-0.15, -0.1) is 0 Å². The largest absolute Gasteiger partial charge is 0.481 e. The minimum absolute atomic E-state index is 0.122. The molecule has 202 valence electrons. The number of carboxylic acid groups (broad SMARTS) is 3. The summed E-state index contributed by atoms with van der Waals surface area (Å²) in [6.07, 6.45) is 3.98. The number of carbonyl (C=O) groups excluding carboxylic acids is 2. The second kappa shape index (κ2) is 17.8. The molecular formula is C25H38N2O9. The van der Waals surface area contributed by atoms with Gasteiger partial charge in [-0.2, -0.15) is 0 Å². The first-order valence-electron chi connectivity index (χ1n) is 11.8. The summed E-state index contributed by atoms with van der Waals surface area (Å²) in [7, 11) is 0. The van der Waals surface area contributed by atoms with E-state index >= 15 is 0 Å². The van der Waals surface area contributed by atoms with Crippen molar-refractivity contribution in [2.24, 2.45) is 0 Å². The van der Waals surface area contributed by atoms with Crippen LogP contribution in [0.3, 0.4) is 0 Å². The molecule has 0 aliphatic heterocycles. The van der Waals surface area contributed by atoms with Gasteiger partial charge in [0, 0.05) is 37.1 Å². The summed E-state index contributed by atoms with van der Waals surface area (Å²) in [6, 6.07) is 6.73. The Morgan fingerprint density at radius 3 is 1.36 bits per heavy atom. The quantitative estimate of drug-likeness (QED) is 0.212. The van der Waals surface area contributed by atoms with Crippen molar-refractivity contribution in [2.75, 3.05) is 10.6 Å². The lowest BCUT2D eigenvalue weighted by atomic mass is 10.1. The number of amides is 2. The molecule has 0 unspecified atom stereocenters. The Kier molecular flexibility index (Phi) is 16.0. The van der Waals surface area contributed by atoms with E-state index in [2.05, 4.69) is 10.6 Å². The number of hydrogen-bond acceptors (Lipinski definition) is 6. The highest BCUT2D eigenvalue weighted by atomic mass is 16.6. The Morgan fingerprint density at radius 1 is 0.639 bits per heavy atom. The summed E-state index contributed by atoms with van der Waals surface area (Å²) in [6.45, 7) is 5.35. The number of unbranched alkanes of at least 4 members (excludes halogenated alkanes) is 4. The third-order valence-corrected chi connectivity index (χ3v) is 4.39. The van der Waals surface area contributed by atoms with E-state index in [9.17, 15) is 24.0 Å². The van der Waals surface area contributed by atoms with Crippen LogP contribution < -0.4 is 10.6 Å². The summed E-state index contributed by atoms with van der Waals surface area (Å²) >= 11 is 0. The fourth-order valence-electron chi connectivity index (χ4n) is 2.75. The van der Waals surface area contributed by atoms with Crippen molar-refractivity contribution in [2.45, 2.75) is 90.6 Å². The first-order valence-corrected chi connectivity index (χ1v) is 11.8. The summed E-state index contributed by atoms with van der Waals surface area (Å²) < 4.78 is 5.16. The Labute approximate surface area is 211 Å². The van der Waals surface area contributed by atoms with Crippen molar-refractivity contribution in [1.82, 2.24) is 0 Å². The lowest BCUT2D eigenvalue weighted by Gasteiger charge is -2.19. The van der Waals surface area contributed by atoms with Gasteiger partial charge in [0.2, 0.25) is 5.91 Å². The van der Waals surface area contributed by atoms with Crippen molar-refractivity contribution >= 4 is 41.3 Å². The van der Waals surface area contributed by atoms with Crippen molar-refractivity contribution < 1.29 is 44.0 Å². The average molecular weight is 511 g/mol. The molecule has 0 aliphatic carbocycles. The van der Waals surface area contributed by atoms with E-state index in [1.165, 1.54) is 0 Å². The Hall–Kier alpha value is -3.63. The van der Waals surface area contributed by atoms with Crippen molar-refractivity contribution in [1.29, 1.82) is 0 Å². The van der Waals surface area contributed by atoms with Gasteiger partial charge in [0.25, 0.3) is 0 Å². The Balaban J connectivity index is 0.000000935. The molecule has 11 heteroatoms. The number of benzene rings is 1. The third-order valence-electron chi connectivity index (χ3n) is 4.39. The lowest BCUT2D eigenvalue weighted by Crippen LogP contribution is -2.27. The minimum Gasteiger partial charge on any atom is -0.481 e. The second-order valence-corrected chi connectivity index (χ2v) is 9.05. The number of carboxylic acids is 3. The van der Waals surface area contributed by atoms with E-state index in [0.29, 0.717) is 56.3 Å². The highest BCUT2D eigenvalue weighted by molar-refractivity contribution is 5.91. The fourth-order valence-corrected chi connectivity index (χ4v) is 2.75. The topological polar surface area (TPSA) is 179 Å². The number of nitrogens with one attached hydrogen (secondary N) is 2. The molecule has 0 heterocycles. The molecule has 36 heavy (non-hydrogen) atoms. The van der Waals surface area contributed by atoms with Crippen LogP contribution in [0.2, 0.25) is 0 Å².